The fraction of sp³-hybridized carbons (Fsp3) is 0.571. The second-order valence-electron chi connectivity index (χ2n) is 2.35. The van der Waals surface area contributed by atoms with E-state index in [1.807, 2.05) is 0 Å². The number of aryl methyl sites for hydroxylation is 1. The van der Waals surface area contributed by atoms with Crippen LogP contribution in [0.2, 0.25) is 0 Å². The third kappa shape index (κ3) is 2.69. The minimum Gasteiger partial charge on any atom is -0.463 e. The van der Waals surface area contributed by atoms with E-state index in [1.165, 1.54) is 11.0 Å². The highest BCUT2D eigenvalue weighted by molar-refractivity contribution is 8.00. The van der Waals surface area contributed by atoms with E-state index in [4.69, 9.17) is 0 Å². The third-order valence-electron chi connectivity index (χ3n) is 1.35. The van der Waals surface area contributed by atoms with Crippen LogP contribution in [0, 0.1) is 0 Å². The van der Waals surface area contributed by atoms with Crippen LogP contribution in [-0.2, 0) is 16.6 Å². The van der Waals surface area contributed by atoms with E-state index in [9.17, 15) is 9.18 Å². The van der Waals surface area contributed by atoms with E-state index in [0.717, 1.165) is 0 Å². The molecule has 0 bridgehead atoms. The van der Waals surface area contributed by atoms with Crippen molar-refractivity contribution in [3.05, 3.63) is 6.33 Å². The van der Waals surface area contributed by atoms with Crippen molar-refractivity contribution in [3.63, 3.8) is 0 Å². The molecular formula is C7H10FN3O2S. The van der Waals surface area contributed by atoms with Crippen LogP contribution >= 0.6 is 11.8 Å². The van der Waals surface area contributed by atoms with E-state index in [2.05, 4.69) is 14.8 Å². The maximum atomic E-state index is 13.1. The standard InChI is InChI=1S/C7H10FN3O2S/c1-3-13-6(12)5(8)14-7-9-4-10-11(7)2/h4-5H,3H2,1-2H3. The summed E-state index contributed by atoms with van der Waals surface area (Å²) in [6, 6.07) is 0. The van der Waals surface area contributed by atoms with E-state index >= 15 is 0 Å². The first-order valence-electron chi connectivity index (χ1n) is 3.96. The normalized spacial score (nSPS) is 12.5. The van der Waals surface area contributed by atoms with Crippen molar-refractivity contribution in [3.8, 4) is 0 Å². The van der Waals surface area contributed by atoms with E-state index in [-0.39, 0.29) is 6.61 Å². The molecular weight excluding hydrogens is 209 g/mol. The lowest BCUT2D eigenvalue weighted by Crippen LogP contribution is -2.16. The Morgan fingerprint density at radius 2 is 2.57 bits per heavy atom. The Kier molecular flexibility index (Phi) is 3.87. The second kappa shape index (κ2) is 4.94. The minimum atomic E-state index is -1.75. The molecule has 1 heterocycles. The van der Waals surface area contributed by atoms with Crippen molar-refractivity contribution in [1.29, 1.82) is 0 Å². The Balaban J connectivity index is 2.52. The average molecular weight is 219 g/mol. The van der Waals surface area contributed by atoms with Crippen molar-refractivity contribution in [2.24, 2.45) is 7.05 Å². The van der Waals surface area contributed by atoms with Gasteiger partial charge in [0.15, 0.2) is 5.16 Å². The van der Waals surface area contributed by atoms with Crippen molar-refractivity contribution < 1.29 is 13.9 Å². The summed E-state index contributed by atoms with van der Waals surface area (Å²) in [5, 5.41) is 4.08. The molecule has 1 atom stereocenters. The molecule has 1 aromatic heterocycles. The van der Waals surface area contributed by atoms with Crippen LogP contribution in [0.5, 0.6) is 0 Å². The van der Waals surface area contributed by atoms with Gasteiger partial charge in [-0.05, 0) is 18.7 Å². The van der Waals surface area contributed by atoms with Crippen LogP contribution in [-0.4, -0.2) is 32.8 Å². The minimum absolute atomic E-state index is 0.165. The molecule has 1 aromatic rings. The number of hydrogen-bond acceptors (Lipinski definition) is 5. The van der Waals surface area contributed by atoms with Gasteiger partial charge in [-0.25, -0.2) is 18.9 Å². The van der Waals surface area contributed by atoms with Gasteiger partial charge in [0.25, 0.3) is 0 Å². The van der Waals surface area contributed by atoms with Gasteiger partial charge in [0, 0.05) is 7.05 Å². The number of thioether (sulfide) groups is 1. The Labute approximate surface area is 84.6 Å². The van der Waals surface area contributed by atoms with Crippen LogP contribution in [0.3, 0.4) is 0 Å². The van der Waals surface area contributed by atoms with Gasteiger partial charge in [-0.1, -0.05) is 0 Å². The predicted octanol–water partition coefficient (Wildman–Crippen LogP) is 0.766. The predicted molar refractivity (Wildman–Crippen MR) is 48.4 cm³/mol. The van der Waals surface area contributed by atoms with Crippen LogP contribution in [0.1, 0.15) is 6.92 Å². The van der Waals surface area contributed by atoms with Gasteiger partial charge in [0.2, 0.25) is 5.50 Å². The number of carbonyl (C=O) groups excluding carboxylic acids is 1. The molecule has 5 nitrogen and oxygen atoms in total. The highest BCUT2D eigenvalue weighted by Gasteiger charge is 2.22. The average Bonchev–Trinajstić information content (AvgIpc) is 2.52. The highest BCUT2D eigenvalue weighted by atomic mass is 32.2. The molecule has 0 aliphatic carbocycles. The first-order chi connectivity index (χ1) is 6.65. The summed E-state index contributed by atoms with van der Waals surface area (Å²) in [7, 11) is 1.62. The summed E-state index contributed by atoms with van der Waals surface area (Å²) in [6.45, 7) is 1.79. The Bertz CT molecular complexity index is 318. The van der Waals surface area contributed by atoms with Crippen LogP contribution < -0.4 is 0 Å². The van der Waals surface area contributed by atoms with Gasteiger partial charge in [-0.2, -0.15) is 5.10 Å². The zero-order chi connectivity index (χ0) is 10.6. The quantitative estimate of drug-likeness (QED) is 0.553. The topological polar surface area (TPSA) is 57.0 Å². The maximum Gasteiger partial charge on any atom is 0.351 e. The molecule has 0 aliphatic heterocycles. The number of alkyl halides is 1. The molecule has 0 amide bonds. The number of halogens is 1. The molecule has 0 spiro atoms. The van der Waals surface area contributed by atoms with Crippen molar-refractivity contribution in [1.82, 2.24) is 14.8 Å². The lowest BCUT2D eigenvalue weighted by Gasteiger charge is -2.05. The maximum absolute atomic E-state index is 13.1. The number of esters is 1. The number of nitrogens with zero attached hydrogens (tertiary/aromatic N) is 3. The molecule has 0 aromatic carbocycles. The van der Waals surface area contributed by atoms with Gasteiger partial charge >= 0.3 is 5.97 Å². The highest BCUT2D eigenvalue weighted by Crippen LogP contribution is 2.21. The molecule has 78 valence electrons. The summed E-state index contributed by atoms with van der Waals surface area (Å²) in [4.78, 5) is 14.7. The van der Waals surface area contributed by atoms with Gasteiger partial charge in [-0.3, -0.25) is 0 Å². The number of ether oxygens (including phenoxy) is 1. The SMILES string of the molecule is CCOC(=O)C(F)Sc1ncnn1C. The number of rotatable bonds is 4. The van der Waals surface area contributed by atoms with Crippen LogP contribution in [0.15, 0.2) is 11.5 Å². The smallest absolute Gasteiger partial charge is 0.351 e. The molecule has 0 saturated heterocycles. The van der Waals surface area contributed by atoms with Crippen molar-refractivity contribution in [2.75, 3.05) is 6.61 Å². The molecule has 1 rings (SSSR count). The van der Waals surface area contributed by atoms with Gasteiger partial charge in [-0.15, -0.1) is 0 Å². The molecule has 7 heteroatoms. The lowest BCUT2D eigenvalue weighted by atomic mass is 10.7. The first-order valence-corrected chi connectivity index (χ1v) is 4.84. The zero-order valence-corrected chi connectivity index (χ0v) is 8.62. The van der Waals surface area contributed by atoms with E-state index in [0.29, 0.717) is 16.9 Å². The summed E-state index contributed by atoms with van der Waals surface area (Å²) in [6.07, 6.45) is 1.29. The Morgan fingerprint density at radius 3 is 3.07 bits per heavy atom. The second-order valence-corrected chi connectivity index (χ2v) is 3.37. The Hall–Kier alpha value is -1.11. The lowest BCUT2D eigenvalue weighted by molar-refractivity contribution is -0.145. The summed E-state index contributed by atoms with van der Waals surface area (Å²) in [5.74, 6) is -0.888. The molecule has 0 aliphatic rings. The van der Waals surface area contributed by atoms with E-state index in [1.54, 1.807) is 14.0 Å². The molecule has 0 saturated carbocycles. The largest absolute Gasteiger partial charge is 0.463 e. The molecule has 0 N–H and O–H groups in total. The third-order valence-corrected chi connectivity index (χ3v) is 2.33. The van der Waals surface area contributed by atoms with E-state index < -0.39 is 11.5 Å². The molecule has 0 radical (unpaired) electrons. The summed E-state index contributed by atoms with van der Waals surface area (Å²) in [5.41, 5.74) is -1.75. The number of hydrogen-bond donors (Lipinski definition) is 0. The molecule has 0 fully saturated rings. The monoisotopic (exact) mass is 219 g/mol. The molecule has 1 unspecified atom stereocenters. The fourth-order valence-electron chi connectivity index (χ4n) is 0.741. The summed E-state index contributed by atoms with van der Waals surface area (Å²) >= 11 is 0.673. The number of aromatic nitrogens is 3. The van der Waals surface area contributed by atoms with Gasteiger partial charge in [0.1, 0.15) is 6.33 Å². The van der Waals surface area contributed by atoms with Crippen molar-refractivity contribution in [2.45, 2.75) is 17.6 Å². The summed E-state index contributed by atoms with van der Waals surface area (Å²) < 4.78 is 19.0. The van der Waals surface area contributed by atoms with Crippen LogP contribution in [0.25, 0.3) is 0 Å². The zero-order valence-electron chi connectivity index (χ0n) is 7.81. The first kappa shape index (κ1) is 11.0. The fourth-order valence-corrected chi connectivity index (χ4v) is 1.40. The van der Waals surface area contributed by atoms with Gasteiger partial charge in [0.05, 0.1) is 6.61 Å². The Morgan fingerprint density at radius 1 is 1.86 bits per heavy atom. The van der Waals surface area contributed by atoms with Crippen molar-refractivity contribution >= 4 is 17.7 Å². The van der Waals surface area contributed by atoms with Crippen LogP contribution in [0.4, 0.5) is 4.39 Å². The number of carbonyl (C=O) groups is 1. The van der Waals surface area contributed by atoms with Gasteiger partial charge < -0.3 is 4.74 Å². The molecule has 14 heavy (non-hydrogen) atoms.